The lowest BCUT2D eigenvalue weighted by Crippen LogP contribution is -2.37. The third-order valence-electron chi connectivity index (χ3n) is 3.58. The molecule has 0 aliphatic heterocycles. The van der Waals surface area contributed by atoms with Gasteiger partial charge in [-0.05, 0) is 18.7 Å². The van der Waals surface area contributed by atoms with E-state index in [0.29, 0.717) is 16.3 Å². The van der Waals surface area contributed by atoms with Gasteiger partial charge < -0.3 is 9.88 Å². The summed E-state index contributed by atoms with van der Waals surface area (Å²) in [6.45, 7) is 4.14. The lowest BCUT2D eigenvalue weighted by molar-refractivity contribution is 0.0759. The van der Waals surface area contributed by atoms with E-state index >= 15 is 0 Å². The summed E-state index contributed by atoms with van der Waals surface area (Å²) in [5.41, 5.74) is 0.375. The maximum absolute atomic E-state index is 12.7. The van der Waals surface area contributed by atoms with Crippen LogP contribution in [-0.4, -0.2) is 40.4 Å². The molecule has 1 amide bonds. The van der Waals surface area contributed by atoms with E-state index in [4.69, 9.17) is 0 Å². The lowest BCUT2D eigenvalue weighted by atomic mass is 10.1. The number of nitrogens with zero attached hydrogens (tertiary/aromatic N) is 1. The van der Waals surface area contributed by atoms with Gasteiger partial charge in [-0.25, -0.2) is 0 Å². The van der Waals surface area contributed by atoms with Crippen molar-refractivity contribution in [1.82, 2.24) is 9.88 Å². The average Bonchev–Trinajstić information content (AvgIpc) is 2.52. The van der Waals surface area contributed by atoms with Gasteiger partial charge in [0.2, 0.25) is 0 Å². The largest absolute Gasteiger partial charge is 0.338 e. The van der Waals surface area contributed by atoms with Gasteiger partial charge in [-0.3, -0.25) is 9.59 Å². The van der Waals surface area contributed by atoms with Crippen molar-refractivity contribution in [2.24, 2.45) is 0 Å². The van der Waals surface area contributed by atoms with Crippen molar-refractivity contribution in [1.29, 1.82) is 0 Å². The first-order valence-corrected chi connectivity index (χ1v) is 8.17. The topological polar surface area (TPSA) is 53.2 Å². The van der Waals surface area contributed by atoms with Crippen LogP contribution in [0.1, 0.15) is 24.2 Å². The Morgan fingerprint density at radius 2 is 2.00 bits per heavy atom. The van der Waals surface area contributed by atoms with Crippen molar-refractivity contribution < 1.29 is 4.79 Å². The predicted octanol–water partition coefficient (Wildman–Crippen LogP) is 2.74. The predicted molar refractivity (Wildman–Crippen MR) is 89.1 cm³/mol. The van der Waals surface area contributed by atoms with Crippen LogP contribution in [0.5, 0.6) is 0 Å². The standard InChI is InChI=1S/C16H20N2O2S/c1-4-21-10-11(2)18(3)16(20)14-9-17-15(19)13-8-6-5-7-12(13)14/h5-9,11H,4,10H2,1-3H3,(H,17,19)/t11-/m1/s1. The highest BCUT2D eigenvalue weighted by Crippen LogP contribution is 2.17. The molecule has 0 bridgehead atoms. The zero-order chi connectivity index (χ0) is 15.4. The van der Waals surface area contributed by atoms with E-state index in [0.717, 1.165) is 11.5 Å². The molecule has 5 heteroatoms. The SMILES string of the molecule is CCSC[C@@H](C)N(C)C(=O)c1c[nH]c(=O)c2ccccc12. The lowest BCUT2D eigenvalue weighted by Gasteiger charge is -2.25. The van der Waals surface area contributed by atoms with Crippen molar-refractivity contribution in [2.45, 2.75) is 19.9 Å². The molecule has 2 aromatic rings. The van der Waals surface area contributed by atoms with E-state index in [1.807, 2.05) is 37.9 Å². The molecule has 0 saturated carbocycles. The fourth-order valence-electron chi connectivity index (χ4n) is 2.18. The van der Waals surface area contributed by atoms with E-state index in [-0.39, 0.29) is 17.5 Å². The highest BCUT2D eigenvalue weighted by atomic mass is 32.2. The molecular weight excluding hydrogens is 284 g/mol. The van der Waals surface area contributed by atoms with E-state index in [1.165, 1.54) is 6.20 Å². The van der Waals surface area contributed by atoms with Crippen molar-refractivity contribution in [3.05, 3.63) is 46.4 Å². The van der Waals surface area contributed by atoms with Gasteiger partial charge in [0.25, 0.3) is 11.5 Å². The summed E-state index contributed by atoms with van der Waals surface area (Å²) >= 11 is 1.81. The zero-order valence-corrected chi connectivity index (χ0v) is 13.4. The van der Waals surface area contributed by atoms with Gasteiger partial charge in [-0.2, -0.15) is 11.8 Å². The van der Waals surface area contributed by atoms with Crippen LogP contribution >= 0.6 is 11.8 Å². The molecule has 112 valence electrons. The van der Waals surface area contributed by atoms with Crippen molar-refractivity contribution >= 4 is 28.4 Å². The van der Waals surface area contributed by atoms with Gasteiger partial charge in [-0.15, -0.1) is 0 Å². The van der Waals surface area contributed by atoms with Crippen LogP contribution in [0.2, 0.25) is 0 Å². The number of H-pyrrole nitrogens is 1. The molecule has 4 nitrogen and oxygen atoms in total. The normalized spacial score (nSPS) is 12.3. The maximum atomic E-state index is 12.7. The number of carbonyl (C=O) groups is 1. The summed E-state index contributed by atoms with van der Waals surface area (Å²) in [6, 6.07) is 7.34. The minimum Gasteiger partial charge on any atom is -0.338 e. The second-order valence-electron chi connectivity index (χ2n) is 5.00. The first-order valence-electron chi connectivity index (χ1n) is 7.01. The number of aromatic amines is 1. The Labute approximate surface area is 128 Å². The molecule has 1 N–H and O–H groups in total. The Bertz CT molecular complexity index is 696. The summed E-state index contributed by atoms with van der Waals surface area (Å²) in [4.78, 5) is 28.9. The van der Waals surface area contributed by atoms with Crippen LogP contribution < -0.4 is 5.56 Å². The number of nitrogens with one attached hydrogen (secondary N) is 1. The van der Waals surface area contributed by atoms with Gasteiger partial charge in [0.15, 0.2) is 0 Å². The molecular formula is C16H20N2O2S. The number of fused-ring (bicyclic) bond motifs is 1. The summed E-state index contributed by atoms with van der Waals surface area (Å²) in [5.74, 6) is 1.88. The molecule has 1 aromatic heterocycles. The number of aromatic nitrogens is 1. The summed E-state index contributed by atoms with van der Waals surface area (Å²) < 4.78 is 0. The first-order chi connectivity index (χ1) is 10.1. The molecule has 0 unspecified atom stereocenters. The number of amides is 1. The molecule has 2 rings (SSSR count). The van der Waals surface area contributed by atoms with E-state index < -0.39 is 0 Å². The Morgan fingerprint density at radius 3 is 2.67 bits per heavy atom. The number of pyridine rings is 1. The fraction of sp³-hybridized carbons (Fsp3) is 0.375. The number of thioether (sulfide) groups is 1. The Balaban J connectivity index is 2.36. The van der Waals surface area contributed by atoms with E-state index in [9.17, 15) is 9.59 Å². The first kappa shape index (κ1) is 15.6. The average molecular weight is 304 g/mol. The Hall–Kier alpha value is -1.75. The number of benzene rings is 1. The third kappa shape index (κ3) is 3.29. The Kier molecular flexibility index (Phi) is 5.07. The second kappa shape index (κ2) is 6.80. The van der Waals surface area contributed by atoms with Crippen molar-refractivity contribution in [2.75, 3.05) is 18.6 Å². The smallest absolute Gasteiger partial charge is 0.255 e. The van der Waals surface area contributed by atoms with Crippen LogP contribution in [0.3, 0.4) is 0 Å². The second-order valence-corrected chi connectivity index (χ2v) is 6.32. The molecule has 1 aromatic carbocycles. The fourth-order valence-corrected chi connectivity index (χ4v) is 2.98. The van der Waals surface area contributed by atoms with Crippen LogP contribution in [0.15, 0.2) is 35.3 Å². The minimum atomic E-state index is -0.167. The van der Waals surface area contributed by atoms with Crippen molar-refractivity contribution in [3.63, 3.8) is 0 Å². The van der Waals surface area contributed by atoms with E-state index in [1.54, 1.807) is 17.0 Å². The molecule has 1 atom stereocenters. The molecule has 0 saturated heterocycles. The van der Waals surface area contributed by atoms with Gasteiger partial charge >= 0.3 is 0 Å². The number of carbonyl (C=O) groups excluding carboxylic acids is 1. The molecule has 0 aliphatic rings. The number of hydrogen-bond acceptors (Lipinski definition) is 3. The molecule has 0 aliphatic carbocycles. The summed E-state index contributed by atoms with van der Waals surface area (Å²) in [6.07, 6.45) is 1.52. The van der Waals surface area contributed by atoms with Gasteiger partial charge in [-0.1, -0.05) is 25.1 Å². The minimum absolute atomic E-state index is 0.0633. The number of rotatable bonds is 5. The molecule has 1 heterocycles. The maximum Gasteiger partial charge on any atom is 0.255 e. The Morgan fingerprint density at radius 1 is 1.33 bits per heavy atom. The molecule has 0 fully saturated rings. The van der Waals surface area contributed by atoms with Gasteiger partial charge in [0.05, 0.1) is 5.56 Å². The molecule has 0 radical (unpaired) electrons. The van der Waals surface area contributed by atoms with Gasteiger partial charge in [0, 0.05) is 35.8 Å². The van der Waals surface area contributed by atoms with Crippen molar-refractivity contribution in [3.8, 4) is 0 Å². The van der Waals surface area contributed by atoms with E-state index in [2.05, 4.69) is 11.9 Å². The summed E-state index contributed by atoms with van der Waals surface area (Å²) in [7, 11) is 1.81. The third-order valence-corrected chi connectivity index (χ3v) is 4.71. The quantitative estimate of drug-likeness (QED) is 0.924. The summed E-state index contributed by atoms with van der Waals surface area (Å²) in [5, 5.41) is 1.25. The van der Waals surface area contributed by atoms with Crippen LogP contribution in [0.4, 0.5) is 0 Å². The van der Waals surface area contributed by atoms with Crippen LogP contribution in [0.25, 0.3) is 10.8 Å². The number of hydrogen-bond donors (Lipinski definition) is 1. The zero-order valence-electron chi connectivity index (χ0n) is 12.6. The highest BCUT2D eigenvalue weighted by molar-refractivity contribution is 7.99. The highest BCUT2D eigenvalue weighted by Gasteiger charge is 2.20. The molecule has 21 heavy (non-hydrogen) atoms. The van der Waals surface area contributed by atoms with Gasteiger partial charge in [0.1, 0.15) is 0 Å². The monoisotopic (exact) mass is 304 g/mol. The van der Waals surface area contributed by atoms with Crippen LogP contribution in [0, 0.1) is 0 Å². The molecule has 0 spiro atoms. The van der Waals surface area contributed by atoms with Crippen LogP contribution in [-0.2, 0) is 0 Å².